The van der Waals surface area contributed by atoms with Crippen LogP contribution in [-0.4, -0.2) is 41.8 Å². The monoisotopic (exact) mass is 579 g/mol. The Morgan fingerprint density at radius 2 is 1.52 bits per heavy atom. The molecule has 5 aliphatic carbocycles. The molecule has 6 rings (SSSR count). The Kier molecular flexibility index (Phi) is 7.18. The van der Waals surface area contributed by atoms with E-state index in [1.807, 2.05) is 0 Å². The summed E-state index contributed by atoms with van der Waals surface area (Å²) in [6.07, 6.45) is 12.3. The molecular weight excluding hydrogens is 522 g/mol. The lowest BCUT2D eigenvalue weighted by Crippen LogP contribution is -2.66. The maximum atomic E-state index is 14.5. The van der Waals surface area contributed by atoms with Gasteiger partial charge in [-0.05, 0) is 122 Å². The number of ether oxygens (including phenoxy) is 1. The van der Waals surface area contributed by atoms with Crippen LogP contribution in [0.2, 0.25) is 0 Å². The van der Waals surface area contributed by atoms with Crippen molar-refractivity contribution in [1.82, 2.24) is 4.90 Å². The highest BCUT2D eigenvalue weighted by molar-refractivity contribution is 6.07. The molecule has 1 aliphatic heterocycles. The molecule has 8 atom stereocenters. The third kappa shape index (κ3) is 3.95. The smallest absolute Gasteiger partial charge is 0.302 e. The Morgan fingerprint density at radius 3 is 2.17 bits per heavy atom. The first-order valence-electron chi connectivity index (χ1n) is 17.4. The van der Waals surface area contributed by atoms with Crippen LogP contribution in [-0.2, 0) is 19.1 Å². The van der Waals surface area contributed by atoms with Gasteiger partial charge in [0.05, 0.1) is 5.41 Å². The number of Topliss-reactive ketones (excluding diaryl/α,β-unsaturated/α-hetero) is 1. The van der Waals surface area contributed by atoms with Crippen LogP contribution in [0.1, 0.15) is 132 Å². The molecule has 0 aromatic rings. The fraction of sp³-hybridized carbons (Fsp3) is 0.865. The average molecular weight is 580 g/mol. The van der Waals surface area contributed by atoms with E-state index in [-0.39, 0.29) is 51.3 Å². The Bertz CT molecular complexity index is 1190. The molecule has 0 spiro atoms. The first kappa shape index (κ1) is 30.4. The van der Waals surface area contributed by atoms with Crippen molar-refractivity contribution >= 4 is 17.7 Å². The normalized spacial score (nSPS) is 44.7. The molecule has 5 heteroatoms. The van der Waals surface area contributed by atoms with E-state index in [2.05, 4.69) is 53.4 Å². The molecule has 0 aromatic carbocycles. The van der Waals surface area contributed by atoms with E-state index in [4.69, 9.17) is 4.74 Å². The molecular formula is C37H57NO4. The van der Waals surface area contributed by atoms with Gasteiger partial charge in [-0.1, -0.05) is 48.5 Å². The summed E-state index contributed by atoms with van der Waals surface area (Å²) < 4.78 is 5.93. The molecule has 42 heavy (non-hydrogen) atoms. The Morgan fingerprint density at radius 1 is 0.833 bits per heavy atom. The van der Waals surface area contributed by atoms with Gasteiger partial charge in [-0.2, -0.15) is 0 Å². The summed E-state index contributed by atoms with van der Waals surface area (Å²) in [4.78, 5) is 42.5. The molecule has 5 fully saturated rings. The molecule has 0 unspecified atom stereocenters. The minimum Gasteiger partial charge on any atom is -0.462 e. The van der Waals surface area contributed by atoms with Crippen LogP contribution in [0.15, 0.2) is 11.1 Å². The number of nitrogens with zero attached hydrogens (tertiary/aromatic N) is 1. The Labute approximate surface area is 255 Å². The van der Waals surface area contributed by atoms with Crippen LogP contribution in [0.3, 0.4) is 0 Å². The lowest BCUT2D eigenvalue weighted by atomic mass is 9.33. The molecule has 1 amide bonds. The second-order valence-corrected chi connectivity index (χ2v) is 17.1. The number of rotatable bonds is 3. The number of amides is 1. The van der Waals surface area contributed by atoms with Gasteiger partial charge >= 0.3 is 5.97 Å². The van der Waals surface area contributed by atoms with Crippen molar-refractivity contribution in [3.05, 3.63) is 11.1 Å². The van der Waals surface area contributed by atoms with Gasteiger partial charge in [-0.15, -0.1) is 0 Å². The molecule has 0 N–H and O–H groups in total. The van der Waals surface area contributed by atoms with Crippen LogP contribution < -0.4 is 0 Å². The van der Waals surface area contributed by atoms with Gasteiger partial charge in [0.25, 0.3) is 0 Å². The zero-order valence-electron chi connectivity index (χ0n) is 27.9. The van der Waals surface area contributed by atoms with Crippen LogP contribution in [0.5, 0.6) is 0 Å². The van der Waals surface area contributed by atoms with Crippen molar-refractivity contribution in [2.75, 3.05) is 13.1 Å². The molecule has 1 heterocycles. The average Bonchev–Trinajstić information content (AvgIpc) is 3.24. The minimum atomic E-state index is -0.605. The highest BCUT2D eigenvalue weighted by Crippen LogP contribution is 2.76. The lowest BCUT2D eigenvalue weighted by molar-refractivity contribution is -0.232. The number of likely N-dealkylation sites (tertiary alicyclic amines) is 1. The van der Waals surface area contributed by atoms with Crippen molar-refractivity contribution in [1.29, 1.82) is 0 Å². The summed E-state index contributed by atoms with van der Waals surface area (Å²) >= 11 is 0. The van der Waals surface area contributed by atoms with Gasteiger partial charge in [0.15, 0.2) is 5.78 Å². The lowest BCUT2D eigenvalue weighted by Gasteiger charge is -2.72. The van der Waals surface area contributed by atoms with Crippen molar-refractivity contribution in [2.45, 2.75) is 139 Å². The largest absolute Gasteiger partial charge is 0.462 e. The second-order valence-electron chi connectivity index (χ2n) is 17.1. The number of piperidine rings is 1. The Balaban J connectivity index is 1.39. The van der Waals surface area contributed by atoms with Crippen LogP contribution in [0, 0.1) is 50.7 Å². The molecule has 4 saturated carbocycles. The zero-order chi connectivity index (χ0) is 30.5. The fourth-order valence-electron chi connectivity index (χ4n) is 12.7. The van der Waals surface area contributed by atoms with E-state index < -0.39 is 5.41 Å². The summed E-state index contributed by atoms with van der Waals surface area (Å²) in [5, 5.41) is 0. The third-order valence-corrected chi connectivity index (χ3v) is 14.7. The SMILES string of the molecule is CC(=O)O[C@H]1CC[C@]2(C)[C@H]3CC[C@@H]4C5=C(C(C)C)C(=O)C[C@]5(C(=O)N5CCCCC5)CC[C@@]4(C)[C@]3(C)CC[C@H]2C1(C)C. The van der Waals surface area contributed by atoms with E-state index in [9.17, 15) is 14.4 Å². The number of carbonyl (C=O) groups excluding carboxylic acids is 3. The second kappa shape index (κ2) is 9.93. The van der Waals surface area contributed by atoms with E-state index in [0.29, 0.717) is 24.2 Å². The number of allylic oxidation sites excluding steroid dienone is 1. The van der Waals surface area contributed by atoms with Crippen molar-refractivity contribution in [3.8, 4) is 0 Å². The quantitative estimate of drug-likeness (QED) is 0.319. The number of ketones is 1. The zero-order valence-corrected chi connectivity index (χ0v) is 27.9. The molecule has 1 saturated heterocycles. The molecule has 5 nitrogen and oxygen atoms in total. The predicted molar refractivity (Wildman–Crippen MR) is 165 cm³/mol. The Hall–Kier alpha value is -1.65. The molecule has 0 aromatic heterocycles. The fourth-order valence-corrected chi connectivity index (χ4v) is 12.7. The third-order valence-electron chi connectivity index (χ3n) is 14.7. The van der Waals surface area contributed by atoms with E-state index in [0.717, 1.165) is 76.5 Å². The van der Waals surface area contributed by atoms with Crippen molar-refractivity contribution in [3.63, 3.8) is 0 Å². The molecule has 0 bridgehead atoms. The van der Waals surface area contributed by atoms with Crippen LogP contribution >= 0.6 is 0 Å². The van der Waals surface area contributed by atoms with E-state index in [1.165, 1.54) is 18.4 Å². The molecule has 0 radical (unpaired) electrons. The molecule has 6 aliphatic rings. The van der Waals surface area contributed by atoms with Gasteiger partial charge < -0.3 is 9.64 Å². The van der Waals surface area contributed by atoms with Crippen LogP contribution in [0.25, 0.3) is 0 Å². The number of esters is 1. The number of fused-ring (bicyclic) bond motifs is 7. The summed E-state index contributed by atoms with van der Waals surface area (Å²) in [7, 11) is 0. The first-order valence-corrected chi connectivity index (χ1v) is 17.4. The van der Waals surface area contributed by atoms with Crippen LogP contribution in [0.4, 0.5) is 0 Å². The van der Waals surface area contributed by atoms with Gasteiger partial charge in [0, 0.05) is 31.8 Å². The summed E-state index contributed by atoms with van der Waals surface area (Å²) in [5.74, 6) is 1.93. The highest BCUT2D eigenvalue weighted by Gasteiger charge is 2.71. The standard InChI is InChI=1S/C37H57NO4/c1-23(2)30-26(40)22-37(32(41)38-20-10-9-11-21-38)19-18-35(7)25(31(30)37)12-13-28-34(6)16-15-29(42-24(3)39)33(4,5)27(34)14-17-36(28,35)8/h23,25,27-29H,9-22H2,1-8H3/t25-,27+,28-,29+,34+,35-,36-,37-/m1/s1. The highest BCUT2D eigenvalue weighted by atomic mass is 16.5. The summed E-state index contributed by atoms with van der Waals surface area (Å²) in [5.41, 5.74) is 2.05. The van der Waals surface area contributed by atoms with Gasteiger partial charge in [-0.25, -0.2) is 0 Å². The number of carbonyl (C=O) groups is 3. The number of hydrogen-bond donors (Lipinski definition) is 0. The maximum Gasteiger partial charge on any atom is 0.302 e. The first-order chi connectivity index (χ1) is 19.6. The van der Waals surface area contributed by atoms with Crippen molar-refractivity contribution < 1.29 is 19.1 Å². The van der Waals surface area contributed by atoms with Gasteiger partial charge in [0.1, 0.15) is 6.10 Å². The maximum absolute atomic E-state index is 14.5. The predicted octanol–water partition coefficient (Wildman–Crippen LogP) is 7.91. The topological polar surface area (TPSA) is 63.7 Å². The summed E-state index contributed by atoms with van der Waals surface area (Å²) in [6, 6.07) is 0. The number of hydrogen-bond acceptors (Lipinski definition) is 4. The van der Waals surface area contributed by atoms with Gasteiger partial charge in [-0.3, -0.25) is 14.4 Å². The van der Waals surface area contributed by atoms with Gasteiger partial charge in [0.2, 0.25) is 5.91 Å². The molecule has 234 valence electrons. The van der Waals surface area contributed by atoms with Crippen molar-refractivity contribution in [2.24, 2.45) is 50.7 Å². The summed E-state index contributed by atoms with van der Waals surface area (Å²) in [6.45, 7) is 20.0. The minimum absolute atomic E-state index is 0.0105. The van der Waals surface area contributed by atoms with E-state index in [1.54, 1.807) is 6.92 Å². The van der Waals surface area contributed by atoms with E-state index >= 15 is 0 Å².